The normalized spacial score (nSPS) is 26.4. The number of hydrogen-bond acceptors (Lipinski definition) is 3. The van der Waals surface area contributed by atoms with Crippen molar-refractivity contribution in [1.29, 1.82) is 0 Å². The van der Waals surface area contributed by atoms with Crippen LogP contribution in [0.5, 0.6) is 0 Å². The molecule has 2 rings (SSSR count). The molecule has 1 aliphatic heterocycles. The number of carbonyl (C=O) groups is 2. The minimum absolute atomic E-state index is 0.180. The van der Waals surface area contributed by atoms with Crippen LogP contribution < -0.4 is 5.32 Å². The molecule has 0 aromatic heterocycles. The van der Waals surface area contributed by atoms with Crippen LogP contribution in [0.2, 0.25) is 0 Å². The third kappa shape index (κ3) is 2.88. The highest BCUT2D eigenvalue weighted by Crippen LogP contribution is 2.42. The summed E-state index contributed by atoms with van der Waals surface area (Å²) in [6.07, 6.45) is 0.180. The Hall–Kier alpha value is -1.75. The van der Waals surface area contributed by atoms with Gasteiger partial charge in [-0.3, -0.25) is 14.9 Å². The van der Waals surface area contributed by atoms with Crippen molar-refractivity contribution in [1.82, 2.24) is 5.32 Å². The van der Waals surface area contributed by atoms with Crippen molar-refractivity contribution < 1.29 is 18.7 Å². The SMILES string of the molecule is CCOCC1(C)CC(=O)NC(=O)C1c1cccc(F)c1. The molecule has 1 aliphatic rings. The Morgan fingerprint density at radius 2 is 2.20 bits per heavy atom. The standard InChI is InChI=1S/C15H18FNO3/c1-3-20-9-15(2)8-12(18)17-14(19)13(15)10-5-4-6-11(16)7-10/h4-7,13H,3,8-9H2,1-2H3,(H,17,18,19). The number of benzene rings is 1. The van der Waals surface area contributed by atoms with Crippen LogP contribution in [0.3, 0.4) is 0 Å². The molecular formula is C15H18FNO3. The zero-order valence-electron chi connectivity index (χ0n) is 11.6. The minimum Gasteiger partial charge on any atom is -0.381 e. The molecule has 0 aliphatic carbocycles. The molecule has 2 amide bonds. The number of carbonyl (C=O) groups excluding carboxylic acids is 2. The number of nitrogens with one attached hydrogen (secondary N) is 1. The van der Waals surface area contributed by atoms with Crippen LogP contribution in [0, 0.1) is 11.2 Å². The van der Waals surface area contributed by atoms with Crippen molar-refractivity contribution in [3.8, 4) is 0 Å². The predicted molar refractivity (Wildman–Crippen MR) is 71.5 cm³/mol. The molecule has 1 aromatic carbocycles. The minimum atomic E-state index is -0.663. The van der Waals surface area contributed by atoms with Gasteiger partial charge in [-0.1, -0.05) is 19.1 Å². The summed E-state index contributed by atoms with van der Waals surface area (Å²) in [5.41, 5.74) is -0.0966. The molecule has 2 atom stereocenters. The van der Waals surface area contributed by atoms with E-state index in [0.29, 0.717) is 12.2 Å². The molecule has 1 saturated heterocycles. The quantitative estimate of drug-likeness (QED) is 0.858. The van der Waals surface area contributed by atoms with Crippen LogP contribution in [-0.2, 0) is 14.3 Å². The summed E-state index contributed by atoms with van der Waals surface area (Å²) in [7, 11) is 0. The molecule has 20 heavy (non-hydrogen) atoms. The van der Waals surface area contributed by atoms with Crippen molar-refractivity contribution in [2.45, 2.75) is 26.2 Å². The lowest BCUT2D eigenvalue weighted by Crippen LogP contribution is -2.51. The molecule has 0 bridgehead atoms. The summed E-state index contributed by atoms with van der Waals surface area (Å²) in [4.78, 5) is 23.8. The molecule has 0 spiro atoms. The van der Waals surface area contributed by atoms with Gasteiger partial charge in [-0.2, -0.15) is 0 Å². The number of hydrogen-bond donors (Lipinski definition) is 1. The summed E-state index contributed by atoms with van der Waals surface area (Å²) in [5, 5.41) is 2.32. The first kappa shape index (κ1) is 14.7. The lowest BCUT2D eigenvalue weighted by Gasteiger charge is -2.39. The smallest absolute Gasteiger partial charge is 0.234 e. The summed E-state index contributed by atoms with van der Waals surface area (Å²) in [6.45, 7) is 4.46. The van der Waals surface area contributed by atoms with Gasteiger partial charge >= 0.3 is 0 Å². The summed E-state index contributed by atoms with van der Waals surface area (Å²) < 4.78 is 18.8. The fourth-order valence-electron chi connectivity index (χ4n) is 2.75. The number of amides is 2. The van der Waals surface area contributed by atoms with Gasteiger partial charge in [0.2, 0.25) is 11.8 Å². The fraction of sp³-hybridized carbons (Fsp3) is 0.467. The second-order valence-electron chi connectivity index (χ2n) is 5.37. The van der Waals surface area contributed by atoms with Crippen LogP contribution >= 0.6 is 0 Å². The monoisotopic (exact) mass is 279 g/mol. The Morgan fingerprint density at radius 3 is 2.85 bits per heavy atom. The number of halogens is 1. The van der Waals surface area contributed by atoms with Crippen molar-refractivity contribution in [2.24, 2.45) is 5.41 Å². The van der Waals surface area contributed by atoms with Crippen LogP contribution in [-0.4, -0.2) is 25.0 Å². The fourth-order valence-corrected chi connectivity index (χ4v) is 2.75. The van der Waals surface area contributed by atoms with Crippen molar-refractivity contribution in [3.05, 3.63) is 35.6 Å². The molecule has 1 N–H and O–H groups in total. The lowest BCUT2D eigenvalue weighted by molar-refractivity contribution is -0.141. The predicted octanol–water partition coefficient (Wildman–Crippen LogP) is 2.00. The maximum atomic E-state index is 13.4. The van der Waals surface area contributed by atoms with Crippen LogP contribution in [0.15, 0.2) is 24.3 Å². The highest BCUT2D eigenvalue weighted by atomic mass is 19.1. The second-order valence-corrected chi connectivity index (χ2v) is 5.37. The van der Waals surface area contributed by atoms with Gasteiger partial charge < -0.3 is 4.74 Å². The Kier molecular flexibility index (Phi) is 4.18. The van der Waals surface area contributed by atoms with Crippen molar-refractivity contribution >= 4 is 11.8 Å². The first-order valence-electron chi connectivity index (χ1n) is 6.63. The van der Waals surface area contributed by atoms with E-state index < -0.39 is 23.1 Å². The number of ether oxygens (including phenoxy) is 1. The molecule has 0 saturated carbocycles. The Morgan fingerprint density at radius 1 is 1.45 bits per heavy atom. The second kappa shape index (κ2) is 5.71. The summed E-state index contributed by atoms with van der Waals surface area (Å²) >= 11 is 0. The van der Waals surface area contributed by atoms with Gasteiger partial charge in [-0.05, 0) is 24.6 Å². The van der Waals surface area contributed by atoms with Gasteiger partial charge in [0.1, 0.15) is 5.82 Å². The summed E-state index contributed by atoms with van der Waals surface area (Å²) in [5.74, 6) is -1.70. The van der Waals surface area contributed by atoms with Gasteiger partial charge in [0.15, 0.2) is 0 Å². The van der Waals surface area contributed by atoms with E-state index >= 15 is 0 Å². The van der Waals surface area contributed by atoms with Gasteiger partial charge in [0.05, 0.1) is 12.5 Å². The maximum absolute atomic E-state index is 13.4. The zero-order chi connectivity index (χ0) is 14.8. The highest BCUT2D eigenvalue weighted by Gasteiger charge is 2.46. The Bertz CT molecular complexity index is 532. The van der Waals surface area contributed by atoms with E-state index in [1.165, 1.54) is 12.1 Å². The van der Waals surface area contributed by atoms with Gasteiger partial charge in [-0.15, -0.1) is 0 Å². The highest BCUT2D eigenvalue weighted by molar-refractivity contribution is 6.02. The van der Waals surface area contributed by atoms with Crippen molar-refractivity contribution in [3.63, 3.8) is 0 Å². The molecule has 2 unspecified atom stereocenters. The largest absolute Gasteiger partial charge is 0.381 e. The average Bonchev–Trinajstić information content (AvgIpc) is 2.35. The van der Waals surface area contributed by atoms with Crippen molar-refractivity contribution in [2.75, 3.05) is 13.2 Å². The van der Waals surface area contributed by atoms with E-state index in [-0.39, 0.29) is 18.9 Å². The van der Waals surface area contributed by atoms with Gasteiger partial charge in [0, 0.05) is 18.4 Å². The Labute approximate surface area is 117 Å². The van der Waals surface area contributed by atoms with E-state index in [1.54, 1.807) is 12.1 Å². The first-order valence-corrected chi connectivity index (χ1v) is 6.63. The van der Waals surface area contributed by atoms with E-state index in [2.05, 4.69) is 5.32 Å². The number of rotatable bonds is 4. The third-order valence-corrected chi connectivity index (χ3v) is 3.60. The molecule has 1 fully saturated rings. The molecule has 0 radical (unpaired) electrons. The van der Waals surface area contributed by atoms with Crippen LogP contribution in [0.25, 0.3) is 0 Å². The Balaban J connectivity index is 2.39. The molecule has 5 heteroatoms. The molecule has 1 heterocycles. The number of piperidine rings is 1. The van der Waals surface area contributed by atoms with E-state index in [1.807, 2.05) is 13.8 Å². The van der Waals surface area contributed by atoms with E-state index in [0.717, 1.165) is 0 Å². The third-order valence-electron chi connectivity index (χ3n) is 3.60. The molecule has 1 aromatic rings. The zero-order valence-corrected chi connectivity index (χ0v) is 11.6. The first-order chi connectivity index (χ1) is 9.46. The molecular weight excluding hydrogens is 261 g/mol. The van der Waals surface area contributed by atoms with E-state index in [4.69, 9.17) is 4.74 Å². The number of imide groups is 1. The maximum Gasteiger partial charge on any atom is 0.234 e. The van der Waals surface area contributed by atoms with Gasteiger partial charge in [-0.25, -0.2) is 4.39 Å². The topological polar surface area (TPSA) is 55.4 Å². The molecule has 4 nitrogen and oxygen atoms in total. The van der Waals surface area contributed by atoms with E-state index in [9.17, 15) is 14.0 Å². The average molecular weight is 279 g/mol. The van der Waals surface area contributed by atoms with Crippen LogP contribution in [0.1, 0.15) is 31.7 Å². The summed E-state index contributed by atoms with van der Waals surface area (Å²) in [6, 6.07) is 5.93. The van der Waals surface area contributed by atoms with Gasteiger partial charge in [0.25, 0.3) is 0 Å². The molecule has 108 valence electrons. The van der Waals surface area contributed by atoms with Crippen LogP contribution in [0.4, 0.5) is 4.39 Å². The lowest BCUT2D eigenvalue weighted by atomic mass is 9.69.